The molecule has 0 heterocycles. The number of amides is 1. The van der Waals surface area contributed by atoms with Gasteiger partial charge in [0.2, 0.25) is 0 Å². The number of fused-ring (bicyclic) bond motifs is 1. The molecule has 0 aliphatic heterocycles. The highest BCUT2D eigenvalue weighted by molar-refractivity contribution is 6.29. The standard InChI is InChI=1S/C14H16ClNO/c1-10(15)9-16-14(17)13-7-6-11-4-2-3-5-12(11)8-13/h6-8H,1-5,9H2,(H,16,17). The van der Waals surface area contributed by atoms with Crippen LogP contribution in [0.25, 0.3) is 0 Å². The Morgan fingerprint density at radius 2 is 2.00 bits per heavy atom. The third-order valence-corrected chi connectivity index (χ3v) is 3.19. The molecule has 0 aromatic heterocycles. The van der Waals surface area contributed by atoms with E-state index in [1.807, 2.05) is 12.1 Å². The summed E-state index contributed by atoms with van der Waals surface area (Å²) in [6, 6.07) is 5.95. The third-order valence-electron chi connectivity index (χ3n) is 3.05. The molecule has 1 amide bonds. The van der Waals surface area contributed by atoms with Crippen molar-refractivity contribution in [3.63, 3.8) is 0 Å². The lowest BCUT2D eigenvalue weighted by atomic mass is 9.90. The summed E-state index contributed by atoms with van der Waals surface area (Å²) in [5.74, 6) is -0.0832. The van der Waals surface area contributed by atoms with Crippen molar-refractivity contribution in [1.29, 1.82) is 0 Å². The number of hydrogen-bond acceptors (Lipinski definition) is 1. The number of rotatable bonds is 3. The lowest BCUT2D eigenvalue weighted by molar-refractivity contribution is 0.0957. The van der Waals surface area contributed by atoms with Crippen LogP contribution >= 0.6 is 11.6 Å². The molecule has 2 rings (SSSR count). The van der Waals surface area contributed by atoms with Crippen LogP contribution in [0, 0.1) is 0 Å². The van der Waals surface area contributed by atoms with Gasteiger partial charge in [0.25, 0.3) is 5.91 Å². The van der Waals surface area contributed by atoms with Crippen LogP contribution in [0.1, 0.15) is 34.3 Å². The molecular weight excluding hydrogens is 234 g/mol. The normalized spacial score (nSPS) is 13.9. The SMILES string of the molecule is C=C(Cl)CNC(=O)c1ccc2c(c1)CCCC2. The van der Waals surface area contributed by atoms with E-state index >= 15 is 0 Å². The van der Waals surface area contributed by atoms with E-state index < -0.39 is 0 Å². The Balaban J connectivity index is 2.11. The lowest BCUT2D eigenvalue weighted by Crippen LogP contribution is -2.24. The molecule has 0 saturated carbocycles. The summed E-state index contributed by atoms with van der Waals surface area (Å²) >= 11 is 5.62. The second-order valence-electron chi connectivity index (χ2n) is 4.39. The fourth-order valence-electron chi connectivity index (χ4n) is 2.15. The van der Waals surface area contributed by atoms with Gasteiger partial charge in [-0.25, -0.2) is 0 Å². The smallest absolute Gasteiger partial charge is 0.251 e. The number of benzene rings is 1. The molecule has 0 saturated heterocycles. The zero-order valence-corrected chi connectivity index (χ0v) is 10.5. The highest BCUT2D eigenvalue weighted by Gasteiger charge is 2.12. The van der Waals surface area contributed by atoms with E-state index in [0.29, 0.717) is 17.1 Å². The maximum atomic E-state index is 11.8. The Bertz CT molecular complexity index is 454. The summed E-state index contributed by atoms with van der Waals surface area (Å²) in [6.45, 7) is 3.86. The van der Waals surface area contributed by atoms with Gasteiger partial charge in [0, 0.05) is 10.6 Å². The number of nitrogens with one attached hydrogen (secondary N) is 1. The van der Waals surface area contributed by atoms with Crippen molar-refractivity contribution < 1.29 is 4.79 Å². The molecule has 1 N–H and O–H groups in total. The minimum atomic E-state index is -0.0832. The Morgan fingerprint density at radius 3 is 2.71 bits per heavy atom. The second kappa shape index (κ2) is 5.37. The highest BCUT2D eigenvalue weighted by Crippen LogP contribution is 2.22. The zero-order valence-electron chi connectivity index (χ0n) is 9.76. The topological polar surface area (TPSA) is 29.1 Å². The van der Waals surface area contributed by atoms with E-state index in [2.05, 4.69) is 18.0 Å². The second-order valence-corrected chi connectivity index (χ2v) is 4.93. The largest absolute Gasteiger partial charge is 0.347 e. The molecule has 17 heavy (non-hydrogen) atoms. The quantitative estimate of drug-likeness (QED) is 0.877. The molecule has 0 spiro atoms. The van der Waals surface area contributed by atoms with E-state index in [0.717, 1.165) is 12.8 Å². The summed E-state index contributed by atoms with van der Waals surface area (Å²) in [5.41, 5.74) is 3.41. The van der Waals surface area contributed by atoms with E-state index in [1.54, 1.807) is 0 Å². The van der Waals surface area contributed by atoms with Gasteiger partial charge in [-0.1, -0.05) is 24.2 Å². The Hall–Kier alpha value is -1.28. The number of carbonyl (C=O) groups excluding carboxylic acids is 1. The van der Waals surface area contributed by atoms with E-state index in [9.17, 15) is 4.79 Å². The van der Waals surface area contributed by atoms with Crippen LogP contribution in [0.2, 0.25) is 0 Å². The summed E-state index contributed by atoms with van der Waals surface area (Å²) < 4.78 is 0. The van der Waals surface area contributed by atoms with Crippen LogP contribution in [-0.4, -0.2) is 12.5 Å². The molecule has 0 fully saturated rings. The molecule has 1 aromatic rings. The molecule has 0 atom stereocenters. The minimum Gasteiger partial charge on any atom is -0.347 e. The van der Waals surface area contributed by atoms with Gasteiger partial charge in [-0.3, -0.25) is 4.79 Å². The molecule has 1 aliphatic carbocycles. The number of aryl methyl sites for hydroxylation is 2. The van der Waals surface area contributed by atoms with Gasteiger partial charge in [-0.15, -0.1) is 0 Å². The van der Waals surface area contributed by atoms with Crippen molar-refractivity contribution >= 4 is 17.5 Å². The zero-order chi connectivity index (χ0) is 12.3. The van der Waals surface area contributed by atoms with Crippen molar-refractivity contribution in [1.82, 2.24) is 5.32 Å². The van der Waals surface area contributed by atoms with Crippen LogP contribution in [0.5, 0.6) is 0 Å². The molecule has 0 radical (unpaired) electrons. The van der Waals surface area contributed by atoms with Crippen molar-refractivity contribution in [3.8, 4) is 0 Å². The van der Waals surface area contributed by atoms with Gasteiger partial charge >= 0.3 is 0 Å². The molecule has 0 bridgehead atoms. The molecule has 1 aliphatic rings. The van der Waals surface area contributed by atoms with Crippen LogP contribution in [0.15, 0.2) is 29.8 Å². The van der Waals surface area contributed by atoms with Gasteiger partial charge in [-0.05, 0) is 48.9 Å². The average molecular weight is 250 g/mol. The van der Waals surface area contributed by atoms with Crippen molar-refractivity contribution in [2.45, 2.75) is 25.7 Å². The monoisotopic (exact) mass is 249 g/mol. The predicted octanol–water partition coefficient (Wildman–Crippen LogP) is 3.05. The Kier molecular flexibility index (Phi) is 3.85. The predicted molar refractivity (Wildman–Crippen MR) is 70.4 cm³/mol. The Labute approximate surface area is 107 Å². The maximum Gasteiger partial charge on any atom is 0.251 e. The molecule has 0 unspecified atom stereocenters. The summed E-state index contributed by atoms with van der Waals surface area (Å²) in [6.07, 6.45) is 4.69. The molecule has 1 aromatic carbocycles. The summed E-state index contributed by atoms with van der Waals surface area (Å²) in [5, 5.41) is 3.18. The molecule has 2 nitrogen and oxygen atoms in total. The molecule has 3 heteroatoms. The van der Waals surface area contributed by atoms with Crippen LogP contribution in [0.4, 0.5) is 0 Å². The van der Waals surface area contributed by atoms with E-state index in [4.69, 9.17) is 11.6 Å². The van der Waals surface area contributed by atoms with Crippen LogP contribution in [-0.2, 0) is 12.8 Å². The highest BCUT2D eigenvalue weighted by atomic mass is 35.5. The number of halogens is 1. The first-order chi connectivity index (χ1) is 8.16. The van der Waals surface area contributed by atoms with Crippen molar-refractivity contribution in [2.75, 3.05) is 6.54 Å². The first-order valence-corrected chi connectivity index (χ1v) is 6.28. The lowest BCUT2D eigenvalue weighted by Gasteiger charge is -2.16. The summed E-state index contributed by atoms with van der Waals surface area (Å²) in [7, 11) is 0. The summed E-state index contributed by atoms with van der Waals surface area (Å²) in [4.78, 5) is 11.8. The van der Waals surface area contributed by atoms with Gasteiger partial charge in [0.05, 0.1) is 6.54 Å². The Morgan fingerprint density at radius 1 is 1.29 bits per heavy atom. The van der Waals surface area contributed by atoms with E-state index in [-0.39, 0.29) is 5.91 Å². The fourth-order valence-corrected chi connectivity index (χ4v) is 2.22. The van der Waals surface area contributed by atoms with Gasteiger partial charge in [0.15, 0.2) is 0 Å². The van der Waals surface area contributed by atoms with Gasteiger partial charge in [0.1, 0.15) is 0 Å². The van der Waals surface area contributed by atoms with Crippen molar-refractivity contribution in [3.05, 3.63) is 46.5 Å². The molecular formula is C14H16ClNO. The first-order valence-electron chi connectivity index (χ1n) is 5.90. The average Bonchev–Trinajstić information content (AvgIpc) is 2.35. The van der Waals surface area contributed by atoms with Gasteiger partial charge in [-0.2, -0.15) is 0 Å². The maximum absolute atomic E-state index is 11.8. The minimum absolute atomic E-state index is 0.0832. The number of carbonyl (C=O) groups is 1. The number of hydrogen-bond donors (Lipinski definition) is 1. The van der Waals surface area contributed by atoms with E-state index in [1.165, 1.54) is 24.0 Å². The van der Waals surface area contributed by atoms with Crippen LogP contribution < -0.4 is 5.32 Å². The fraction of sp³-hybridized carbons (Fsp3) is 0.357. The van der Waals surface area contributed by atoms with Gasteiger partial charge < -0.3 is 5.32 Å². The third kappa shape index (κ3) is 3.10. The first kappa shape index (κ1) is 12.2. The van der Waals surface area contributed by atoms with Crippen LogP contribution in [0.3, 0.4) is 0 Å². The molecule has 90 valence electrons. The van der Waals surface area contributed by atoms with Crippen molar-refractivity contribution in [2.24, 2.45) is 0 Å².